The van der Waals surface area contributed by atoms with Crippen LogP contribution in [0.4, 0.5) is 5.69 Å². The van der Waals surface area contributed by atoms with E-state index in [9.17, 15) is 14.9 Å². The number of nitrogens with zero attached hydrogens (tertiary/aromatic N) is 4. The van der Waals surface area contributed by atoms with Crippen LogP contribution in [0.5, 0.6) is 11.5 Å². The van der Waals surface area contributed by atoms with Crippen LogP contribution in [0.3, 0.4) is 0 Å². The highest BCUT2D eigenvalue weighted by atomic mass is 35.5. The van der Waals surface area contributed by atoms with Crippen molar-refractivity contribution in [1.29, 1.82) is 0 Å². The lowest BCUT2D eigenvalue weighted by atomic mass is 9.88. The maximum atomic E-state index is 13.6. The summed E-state index contributed by atoms with van der Waals surface area (Å²) in [5.41, 5.74) is 1.47. The monoisotopic (exact) mass is 546 g/mol. The first kappa shape index (κ1) is 26.4. The first-order valence-corrected chi connectivity index (χ1v) is 13.1. The number of ether oxygens (including phenoxy) is 2. The van der Waals surface area contributed by atoms with Crippen molar-refractivity contribution in [3.05, 3.63) is 103 Å². The largest absolute Gasteiger partial charge is 0.493 e. The molecule has 1 aliphatic rings. The molecule has 0 unspecified atom stereocenters. The van der Waals surface area contributed by atoms with E-state index in [1.54, 1.807) is 36.4 Å². The van der Waals surface area contributed by atoms with Gasteiger partial charge < -0.3 is 9.47 Å². The Morgan fingerprint density at radius 3 is 2.69 bits per heavy atom. The second-order valence-electron chi connectivity index (χ2n) is 9.43. The molecule has 0 atom stereocenters. The smallest absolute Gasteiger partial charge is 0.282 e. The summed E-state index contributed by atoms with van der Waals surface area (Å²) >= 11 is 6.36. The van der Waals surface area contributed by atoms with Crippen molar-refractivity contribution >= 4 is 34.4 Å². The van der Waals surface area contributed by atoms with Gasteiger partial charge in [0, 0.05) is 34.7 Å². The van der Waals surface area contributed by atoms with Crippen LogP contribution in [0.15, 0.2) is 70.6 Å². The zero-order valence-corrected chi connectivity index (χ0v) is 22.1. The van der Waals surface area contributed by atoms with Gasteiger partial charge in [-0.05, 0) is 36.6 Å². The topological polar surface area (TPSA) is 109 Å². The summed E-state index contributed by atoms with van der Waals surface area (Å²) in [5.74, 6) is 1.48. The number of hydrogen-bond acceptors (Lipinski definition) is 7. The van der Waals surface area contributed by atoms with Gasteiger partial charge in [-0.15, -0.1) is 0 Å². The van der Waals surface area contributed by atoms with E-state index in [1.165, 1.54) is 36.6 Å². The van der Waals surface area contributed by atoms with E-state index < -0.39 is 4.92 Å². The summed E-state index contributed by atoms with van der Waals surface area (Å²) in [6.07, 6.45) is 6.74. The van der Waals surface area contributed by atoms with Crippen molar-refractivity contribution in [2.24, 2.45) is 5.10 Å². The molecular weight excluding hydrogens is 520 g/mol. The lowest BCUT2D eigenvalue weighted by molar-refractivity contribution is -0.384. The molecule has 200 valence electrons. The van der Waals surface area contributed by atoms with Gasteiger partial charge in [0.15, 0.2) is 11.5 Å². The number of nitro benzene ring substituents is 1. The van der Waals surface area contributed by atoms with Gasteiger partial charge in [0.25, 0.3) is 11.2 Å². The van der Waals surface area contributed by atoms with Crippen LogP contribution < -0.4 is 15.0 Å². The Morgan fingerprint density at radius 1 is 1.13 bits per heavy atom. The zero-order chi connectivity index (χ0) is 27.4. The molecule has 1 aliphatic carbocycles. The minimum atomic E-state index is -0.455. The molecule has 0 amide bonds. The van der Waals surface area contributed by atoms with E-state index in [4.69, 9.17) is 26.1 Å². The van der Waals surface area contributed by atoms with E-state index in [2.05, 4.69) is 5.10 Å². The molecule has 0 spiro atoms. The zero-order valence-electron chi connectivity index (χ0n) is 21.4. The third-order valence-electron chi connectivity index (χ3n) is 6.83. The number of fused-ring (bicyclic) bond motifs is 1. The molecule has 0 N–H and O–H groups in total. The summed E-state index contributed by atoms with van der Waals surface area (Å²) in [5, 5.41) is 16.7. The van der Waals surface area contributed by atoms with Gasteiger partial charge in [-0.3, -0.25) is 14.9 Å². The molecular formula is C29H27ClN4O5. The normalized spacial score (nSPS) is 14.1. The molecule has 1 saturated carbocycles. The van der Waals surface area contributed by atoms with E-state index in [0.717, 1.165) is 25.7 Å². The van der Waals surface area contributed by atoms with Crippen LogP contribution in [-0.4, -0.2) is 27.9 Å². The standard InChI is InChI=1S/C29H27ClN4O5/c1-38-26-16-22(30)15-21(27(26)39-18-19-8-7-11-23(14-19)34(36)37)17-31-33-28(20-9-3-2-4-10-20)32-25-13-6-5-12-24(25)29(33)35/h5-8,11-17,20H,2-4,9-10,18H2,1H3. The maximum Gasteiger partial charge on any atom is 0.282 e. The van der Waals surface area contributed by atoms with Crippen LogP contribution in [-0.2, 0) is 6.61 Å². The number of nitro groups is 1. The quantitative estimate of drug-likeness (QED) is 0.142. The summed E-state index contributed by atoms with van der Waals surface area (Å²) in [4.78, 5) is 29.1. The molecule has 1 heterocycles. The van der Waals surface area contributed by atoms with Gasteiger partial charge in [0.05, 0.1) is 29.2 Å². The Morgan fingerprint density at radius 2 is 1.92 bits per heavy atom. The number of halogens is 1. The molecule has 0 aliphatic heterocycles. The third-order valence-corrected chi connectivity index (χ3v) is 7.05. The molecule has 39 heavy (non-hydrogen) atoms. The first-order valence-electron chi connectivity index (χ1n) is 12.7. The van der Waals surface area contributed by atoms with Gasteiger partial charge >= 0.3 is 0 Å². The molecule has 5 rings (SSSR count). The average molecular weight is 547 g/mol. The van der Waals surface area contributed by atoms with Crippen LogP contribution in [0, 0.1) is 10.1 Å². The average Bonchev–Trinajstić information content (AvgIpc) is 2.96. The van der Waals surface area contributed by atoms with Gasteiger partial charge in [0.2, 0.25) is 0 Å². The molecule has 4 aromatic rings. The Kier molecular flexibility index (Phi) is 7.88. The second kappa shape index (κ2) is 11.7. The summed E-state index contributed by atoms with van der Waals surface area (Å²) < 4.78 is 13.0. The predicted octanol–water partition coefficient (Wildman–Crippen LogP) is 6.48. The lowest BCUT2D eigenvalue weighted by Gasteiger charge is -2.22. The van der Waals surface area contributed by atoms with Crippen molar-refractivity contribution in [3.63, 3.8) is 0 Å². The SMILES string of the molecule is COc1cc(Cl)cc(C=Nn2c(C3CCCCC3)nc3ccccc3c2=O)c1OCc1cccc([N+](=O)[O-])c1. The molecule has 0 radical (unpaired) electrons. The van der Waals surface area contributed by atoms with Gasteiger partial charge in [-0.1, -0.05) is 55.1 Å². The molecule has 10 heteroatoms. The summed E-state index contributed by atoms with van der Waals surface area (Å²) in [6.45, 7) is 0.0469. The number of aromatic nitrogens is 2. The minimum Gasteiger partial charge on any atom is -0.493 e. The number of non-ortho nitro benzene ring substituents is 1. The van der Waals surface area contributed by atoms with Crippen molar-refractivity contribution in [2.75, 3.05) is 7.11 Å². The first-order chi connectivity index (χ1) is 18.9. The van der Waals surface area contributed by atoms with Crippen LogP contribution in [0.1, 0.15) is 55.0 Å². The Balaban J connectivity index is 1.55. The fraction of sp³-hybridized carbons (Fsp3) is 0.276. The number of methoxy groups -OCH3 is 1. The number of benzene rings is 3. The Bertz CT molecular complexity index is 1610. The number of hydrogen-bond donors (Lipinski definition) is 0. The Labute approximate surface area is 229 Å². The van der Waals surface area contributed by atoms with Gasteiger partial charge in [-0.25, -0.2) is 4.98 Å². The lowest BCUT2D eigenvalue weighted by Crippen LogP contribution is -2.25. The molecule has 9 nitrogen and oxygen atoms in total. The highest BCUT2D eigenvalue weighted by Crippen LogP contribution is 2.35. The van der Waals surface area contributed by atoms with Crippen molar-refractivity contribution in [1.82, 2.24) is 9.66 Å². The van der Waals surface area contributed by atoms with Crippen LogP contribution in [0.2, 0.25) is 5.02 Å². The molecule has 0 bridgehead atoms. The summed E-state index contributed by atoms with van der Waals surface area (Å²) in [6, 6.07) is 16.8. The molecule has 3 aromatic carbocycles. The van der Waals surface area contributed by atoms with Crippen molar-refractivity contribution < 1.29 is 14.4 Å². The van der Waals surface area contributed by atoms with E-state index >= 15 is 0 Å². The van der Waals surface area contributed by atoms with Crippen LogP contribution in [0.25, 0.3) is 10.9 Å². The van der Waals surface area contributed by atoms with Gasteiger partial charge in [-0.2, -0.15) is 9.78 Å². The molecule has 1 aromatic heterocycles. The predicted molar refractivity (Wildman–Crippen MR) is 150 cm³/mol. The molecule has 1 fully saturated rings. The highest BCUT2D eigenvalue weighted by molar-refractivity contribution is 6.31. The van der Waals surface area contributed by atoms with E-state index in [1.807, 2.05) is 12.1 Å². The fourth-order valence-electron chi connectivity index (χ4n) is 4.90. The number of rotatable bonds is 8. The second-order valence-corrected chi connectivity index (χ2v) is 9.86. The Hall–Kier alpha value is -4.24. The maximum absolute atomic E-state index is 13.6. The molecule has 0 saturated heterocycles. The van der Waals surface area contributed by atoms with Gasteiger partial charge in [0.1, 0.15) is 12.4 Å². The van der Waals surface area contributed by atoms with E-state index in [-0.39, 0.29) is 23.8 Å². The minimum absolute atomic E-state index is 0.0284. The number of para-hydroxylation sites is 1. The van der Waals surface area contributed by atoms with Crippen molar-refractivity contribution in [3.8, 4) is 11.5 Å². The van der Waals surface area contributed by atoms with Crippen LogP contribution >= 0.6 is 11.6 Å². The fourth-order valence-corrected chi connectivity index (χ4v) is 5.12. The summed E-state index contributed by atoms with van der Waals surface area (Å²) in [7, 11) is 1.49. The highest BCUT2D eigenvalue weighted by Gasteiger charge is 2.22. The third kappa shape index (κ3) is 5.78. The van der Waals surface area contributed by atoms with Crippen molar-refractivity contribution in [2.45, 2.75) is 44.6 Å². The van der Waals surface area contributed by atoms with E-state index in [0.29, 0.717) is 44.4 Å².